The summed E-state index contributed by atoms with van der Waals surface area (Å²) in [6.45, 7) is 0.350. The first-order valence-corrected chi connectivity index (χ1v) is 9.13. The van der Waals surface area contributed by atoms with Gasteiger partial charge in [-0.05, 0) is 24.3 Å². The molecule has 0 radical (unpaired) electrons. The first-order chi connectivity index (χ1) is 10.1. The maximum Gasteiger partial charge on any atom is 0.212 e. The van der Waals surface area contributed by atoms with Gasteiger partial charge in [0.05, 0.1) is 5.75 Å². The molecule has 6 nitrogen and oxygen atoms in total. The topological polar surface area (TPSA) is 101 Å². The number of sulfonamides is 1. The number of aromatic amines is 1. The third-order valence-electron chi connectivity index (χ3n) is 2.74. The molecule has 0 aliphatic carbocycles. The van der Waals surface area contributed by atoms with Crippen LogP contribution in [0.25, 0.3) is 0 Å². The summed E-state index contributed by atoms with van der Waals surface area (Å²) in [6, 6.07) is 7.38. The van der Waals surface area contributed by atoms with Crippen molar-refractivity contribution in [3.8, 4) is 0 Å². The fourth-order valence-electron chi connectivity index (χ4n) is 1.67. The lowest BCUT2D eigenvalue weighted by molar-refractivity contribution is 0.582. The number of hydrogen-bond donors (Lipinski definition) is 3. The monoisotopic (exact) mass is 326 g/mol. The fourth-order valence-corrected chi connectivity index (χ4v) is 4.00. The third kappa shape index (κ3) is 5.78. The third-order valence-corrected chi connectivity index (χ3v) is 5.40. The number of anilines is 1. The molecule has 8 heteroatoms. The van der Waals surface area contributed by atoms with Crippen molar-refractivity contribution >= 4 is 27.5 Å². The smallest absolute Gasteiger partial charge is 0.212 e. The second-order valence-corrected chi connectivity index (χ2v) is 7.51. The van der Waals surface area contributed by atoms with Gasteiger partial charge in [-0.1, -0.05) is 0 Å². The number of H-pyrrole nitrogens is 1. The van der Waals surface area contributed by atoms with E-state index in [1.54, 1.807) is 24.5 Å². The summed E-state index contributed by atoms with van der Waals surface area (Å²) in [4.78, 5) is 7.98. The Morgan fingerprint density at radius 1 is 1.29 bits per heavy atom. The highest BCUT2D eigenvalue weighted by molar-refractivity contribution is 8.00. The average Bonchev–Trinajstić information content (AvgIpc) is 2.94. The van der Waals surface area contributed by atoms with Gasteiger partial charge in [0, 0.05) is 41.7 Å². The Balaban J connectivity index is 1.69. The zero-order valence-corrected chi connectivity index (χ0v) is 13.1. The minimum atomic E-state index is -3.25. The number of aromatic nitrogens is 2. The lowest BCUT2D eigenvalue weighted by Gasteiger charge is -2.06. The van der Waals surface area contributed by atoms with Crippen molar-refractivity contribution < 1.29 is 8.42 Å². The number of nitrogens with zero attached hydrogens (tertiary/aromatic N) is 1. The molecule has 0 amide bonds. The first kappa shape index (κ1) is 15.9. The molecule has 21 heavy (non-hydrogen) atoms. The lowest BCUT2D eigenvalue weighted by Crippen LogP contribution is -2.29. The molecular formula is C13H18N4O2S2. The summed E-state index contributed by atoms with van der Waals surface area (Å²) in [5.41, 5.74) is 6.30. The van der Waals surface area contributed by atoms with Gasteiger partial charge in [-0.2, -0.15) is 0 Å². The summed E-state index contributed by atoms with van der Waals surface area (Å²) < 4.78 is 26.2. The van der Waals surface area contributed by atoms with Gasteiger partial charge in [0.1, 0.15) is 5.82 Å². The van der Waals surface area contributed by atoms with E-state index in [0.717, 1.165) is 10.7 Å². The molecule has 1 aromatic carbocycles. The number of nitrogen functional groups attached to an aromatic ring is 1. The summed E-state index contributed by atoms with van der Waals surface area (Å²) >= 11 is 1.49. The molecule has 0 aliphatic heterocycles. The van der Waals surface area contributed by atoms with Crippen LogP contribution < -0.4 is 10.5 Å². The second-order valence-electron chi connectivity index (χ2n) is 4.42. The summed E-state index contributed by atoms with van der Waals surface area (Å²) in [7, 11) is -3.25. The van der Waals surface area contributed by atoms with E-state index in [2.05, 4.69) is 14.7 Å². The lowest BCUT2D eigenvalue weighted by atomic mass is 10.3. The summed E-state index contributed by atoms with van der Waals surface area (Å²) in [6.07, 6.45) is 3.91. The van der Waals surface area contributed by atoms with E-state index in [1.807, 2.05) is 12.1 Å². The van der Waals surface area contributed by atoms with Crippen LogP contribution in [0.15, 0.2) is 41.6 Å². The molecule has 0 spiro atoms. The van der Waals surface area contributed by atoms with Gasteiger partial charge in [0.15, 0.2) is 0 Å². The van der Waals surface area contributed by atoms with Crippen molar-refractivity contribution in [1.29, 1.82) is 0 Å². The van der Waals surface area contributed by atoms with E-state index in [4.69, 9.17) is 5.73 Å². The predicted molar refractivity (Wildman–Crippen MR) is 85.7 cm³/mol. The molecule has 0 bridgehead atoms. The second kappa shape index (κ2) is 7.48. The molecule has 0 saturated heterocycles. The first-order valence-electron chi connectivity index (χ1n) is 6.49. The number of rotatable bonds is 8. The van der Waals surface area contributed by atoms with Crippen molar-refractivity contribution in [2.45, 2.75) is 11.3 Å². The number of nitrogens with two attached hydrogens (primary N) is 1. The fraction of sp³-hybridized carbons (Fsp3) is 0.308. The maximum atomic E-state index is 11.8. The predicted octanol–water partition coefficient (Wildman–Crippen LogP) is 1.25. The van der Waals surface area contributed by atoms with Crippen molar-refractivity contribution in [1.82, 2.24) is 14.7 Å². The van der Waals surface area contributed by atoms with Crippen molar-refractivity contribution in [2.75, 3.05) is 23.8 Å². The van der Waals surface area contributed by atoms with Gasteiger partial charge in [0.25, 0.3) is 0 Å². The van der Waals surface area contributed by atoms with Gasteiger partial charge < -0.3 is 10.7 Å². The zero-order valence-electron chi connectivity index (χ0n) is 11.5. The number of benzene rings is 1. The van der Waals surface area contributed by atoms with E-state index in [-0.39, 0.29) is 5.75 Å². The molecule has 0 fully saturated rings. The van der Waals surface area contributed by atoms with Crippen LogP contribution in [0, 0.1) is 0 Å². The largest absolute Gasteiger partial charge is 0.399 e. The van der Waals surface area contributed by atoms with Crippen LogP contribution >= 0.6 is 11.8 Å². The van der Waals surface area contributed by atoms with Crippen LogP contribution in [0.4, 0.5) is 5.69 Å². The van der Waals surface area contributed by atoms with Crippen LogP contribution in [0.1, 0.15) is 5.82 Å². The highest BCUT2D eigenvalue weighted by atomic mass is 32.2. The van der Waals surface area contributed by atoms with Crippen LogP contribution in [0.2, 0.25) is 0 Å². The van der Waals surface area contributed by atoms with Crippen LogP contribution in [0.3, 0.4) is 0 Å². The molecule has 0 aliphatic rings. The molecule has 2 aromatic rings. The van der Waals surface area contributed by atoms with Gasteiger partial charge in [-0.3, -0.25) is 0 Å². The van der Waals surface area contributed by atoms with E-state index < -0.39 is 10.0 Å². The molecule has 2 rings (SSSR count). The molecular weight excluding hydrogens is 308 g/mol. The Kier molecular flexibility index (Phi) is 5.66. The normalized spacial score (nSPS) is 11.6. The van der Waals surface area contributed by atoms with E-state index >= 15 is 0 Å². The van der Waals surface area contributed by atoms with E-state index in [1.165, 1.54) is 11.8 Å². The number of imidazole rings is 1. The van der Waals surface area contributed by atoms with Crippen LogP contribution in [-0.4, -0.2) is 36.4 Å². The molecule has 114 valence electrons. The van der Waals surface area contributed by atoms with Crippen LogP contribution in [-0.2, 0) is 16.4 Å². The Hall–Kier alpha value is -1.51. The van der Waals surface area contributed by atoms with Gasteiger partial charge in [-0.15, -0.1) is 11.8 Å². The van der Waals surface area contributed by atoms with Crippen LogP contribution in [0.5, 0.6) is 0 Å². The van der Waals surface area contributed by atoms with Crippen molar-refractivity contribution in [2.24, 2.45) is 0 Å². The van der Waals surface area contributed by atoms with Crippen molar-refractivity contribution in [3.63, 3.8) is 0 Å². The number of nitrogens with one attached hydrogen (secondary N) is 2. The van der Waals surface area contributed by atoms with Gasteiger partial charge in [0.2, 0.25) is 10.0 Å². The Labute approximate surface area is 128 Å². The number of hydrogen-bond acceptors (Lipinski definition) is 5. The standard InChI is InChI=1S/C13H18N4O2S2/c14-11-1-3-12(4-2-11)20-9-10-21(18,19)17-6-5-13-15-7-8-16-13/h1-4,7-8,17H,5-6,9-10,14H2,(H,15,16). The average molecular weight is 326 g/mol. The SMILES string of the molecule is Nc1ccc(SCCS(=O)(=O)NCCc2ncc[nH]2)cc1. The molecule has 0 atom stereocenters. The molecule has 1 heterocycles. The Morgan fingerprint density at radius 2 is 2.05 bits per heavy atom. The molecule has 0 saturated carbocycles. The minimum Gasteiger partial charge on any atom is -0.399 e. The van der Waals surface area contributed by atoms with E-state index in [0.29, 0.717) is 24.4 Å². The highest BCUT2D eigenvalue weighted by Gasteiger charge is 2.10. The minimum absolute atomic E-state index is 0.0835. The zero-order chi connectivity index (χ0) is 15.1. The van der Waals surface area contributed by atoms with E-state index in [9.17, 15) is 8.42 Å². The van der Waals surface area contributed by atoms with Crippen molar-refractivity contribution in [3.05, 3.63) is 42.5 Å². The maximum absolute atomic E-state index is 11.8. The molecule has 4 N–H and O–H groups in total. The molecule has 0 unspecified atom stereocenters. The van der Waals surface area contributed by atoms with Gasteiger partial charge in [-0.25, -0.2) is 18.1 Å². The quantitative estimate of drug-likeness (QED) is 0.500. The Morgan fingerprint density at radius 3 is 2.71 bits per heavy atom. The van der Waals surface area contributed by atoms with Gasteiger partial charge >= 0.3 is 0 Å². The number of thioether (sulfide) groups is 1. The molecule has 1 aromatic heterocycles. The Bertz CT molecular complexity index is 639. The highest BCUT2D eigenvalue weighted by Crippen LogP contribution is 2.19. The summed E-state index contributed by atoms with van der Waals surface area (Å²) in [5, 5.41) is 0. The summed E-state index contributed by atoms with van der Waals surface area (Å²) in [5.74, 6) is 1.36.